The first-order valence-electron chi connectivity index (χ1n) is 7.33. The van der Waals surface area contributed by atoms with Gasteiger partial charge in [-0.2, -0.15) is 5.10 Å². The monoisotopic (exact) mass is 290 g/mol. The van der Waals surface area contributed by atoms with E-state index in [1.54, 1.807) is 26.2 Å². The standard InChI is InChI=1S/C16H22N2O3/c1-11(14-9-8-13(21-2)10-15(14)19)17-18-16(20)12-6-4-3-5-7-12/h8-10,12,19H,3-7H2,1-2H3,(H,18,20)/b17-11+. The summed E-state index contributed by atoms with van der Waals surface area (Å²) in [7, 11) is 1.54. The summed E-state index contributed by atoms with van der Waals surface area (Å²) in [5.74, 6) is 0.708. The molecule has 0 atom stereocenters. The molecule has 1 aliphatic carbocycles. The molecule has 114 valence electrons. The summed E-state index contributed by atoms with van der Waals surface area (Å²) in [4.78, 5) is 12.0. The number of hydrogen-bond donors (Lipinski definition) is 2. The highest BCUT2D eigenvalue weighted by molar-refractivity contribution is 6.01. The van der Waals surface area contributed by atoms with Gasteiger partial charge >= 0.3 is 0 Å². The maximum Gasteiger partial charge on any atom is 0.243 e. The number of nitrogens with one attached hydrogen (secondary N) is 1. The first kappa shape index (κ1) is 15.4. The minimum atomic E-state index is -0.0259. The van der Waals surface area contributed by atoms with E-state index < -0.39 is 0 Å². The first-order chi connectivity index (χ1) is 10.1. The Morgan fingerprint density at radius 2 is 2.05 bits per heavy atom. The Kier molecular flexibility index (Phi) is 5.20. The van der Waals surface area contributed by atoms with E-state index in [-0.39, 0.29) is 17.6 Å². The van der Waals surface area contributed by atoms with Crippen LogP contribution in [-0.4, -0.2) is 23.8 Å². The van der Waals surface area contributed by atoms with Crippen molar-refractivity contribution in [1.82, 2.24) is 5.43 Å². The summed E-state index contributed by atoms with van der Waals surface area (Å²) >= 11 is 0. The van der Waals surface area contributed by atoms with Crippen molar-refractivity contribution in [3.63, 3.8) is 0 Å². The molecule has 21 heavy (non-hydrogen) atoms. The zero-order valence-electron chi connectivity index (χ0n) is 12.6. The Hall–Kier alpha value is -2.04. The van der Waals surface area contributed by atoms with Gasteiger partial charge in [-0.3, -0.25) is 4.79 Å². The molecular weight excluding hydrogens is 268 g/mol. The van der Waals surface area contributed by atoms with E-state index in [0.717, 1.165) is 25.7 Å². The van der Waals surface area contributed by atoms with Gasteiger partial charge in [0, 0.05) is 17.5 Å². The van der Waals surface area contributed by atoms with Gasteiger partial charge < -0.3 is 9.84 Å². The molecule has 1 fully saturated rings. The van der Waals surface area contributed by atoms with E-state index in [2.05, 4.69) is 10.5 Å². The van der Waals surface area contributed by atoms with Crippen molar-refractivity contribution in [1.29, 1.82) is 0 Å². The Morgan fingerprint density at radius 3 is 2.67 bits per heavy atom. The summed E-state index contributed by atoms with van der Waals surface area (Å²) in [5.41, 5.74) is 3.77. The van der Waals surface area contributed by atoms with Crippen LogP contribution in [0.3, 0.4) is 0 Å². The van der Waals surface area contributed by atoms with Gasteiger partial charge in [0.15, 0.2) is 0 Å². The smallest absolute Gasteiger partial charge is 0.243 e. The van der Waals surface area contributed by atoms with Crippen LogP contribution in [0.25, 0.3) is 0 Å². The molecule has 1 aromatic carbocycles. The highest BCUT2D eigenvalue weighted by Gasteiger charge is 2.20. The van der Waals surface area contributed by atoms with Crippen LogP contribution in [0.1, 0.15) is 44.6 Å². The van der Waals surface area contributed by atoms with E-state index in [0.29, 0.717) is 17.0 Å². The molecule has 5 nitrogen and oxygen atoms in total. The van der Waals surface area contributed by atoms with Crippen molar-refractivity contribution in [3.8, 4) is 11.5 Å². The molecule has 1 aliphatic rings. The van der Waals surface area contributed by atoms with E-state index in [1.165, 1.54) is 12.5 Å². The molecule has 0 aliphatic heterocycles. The Balaban J connectivity index is 2.01. The lowest BCUT2D eigenvalue weighted by Gasteiger charge is -2.19. The van der Waals surface area contributed by atoms with Gasteiger partial charge in [0.1, 0.15) is 11.5 Å². The third-order valence-corrected chi connectivity index (χ3v) is 3.90. The summed E-state index contributed by atoms with van der Waals surface area (Å²) in [6.45, 7) is 1.75. The fourth-order valence-electron chi connectivity index (χ4n) is 2.60. The van der Waals surface area contributed by atoms with Crippen LogP contribution < -0.4 is 10.2 Å². The lowest BCUT2D eigenvalue weighted by Crippen LogP contribution is -2.29. The third kappa shape index (κ3) is 3.97. The molecule has 0 radical (unpaired) electrons. The number of nitrogens with zero attached hydrogens (tertiary/aromatic N) is 1. The minimum absolute atomic E-state index is 0.0259. The Bertz CT molecular complexity index is 534. The van der Waals surface area contributed by atoms with Gasteiger partial charge in [-0.05, 0) is 31.9 Å². The summed E-state index contributed by atoms with van der Waals surface area (Å²) in [5, 5.41) is 14.0. The predicted octanol–water partition coefficient (Wildman–Crippen LogP) is 2.82. The molecular formula is C16H22N2O3. The number of methoxy groups -OCH3 is 1. The second-order valence-electron chi connectivity index (χ2n) is 5.39. The van der Waals surface area contributed by atoms with Gasteiger partial charge in [-0.25, -0.2) is 5.43 Å². The number of hydrogen-bond acceptors (Lipinski definition) is 4. The van der Waals surface area contributed by atoms with Crippen LogP contribution in [0.15, 0.2) is 23.3 Å². The van der Waals surface area contributed by atoms with Crippen molar-refractivity contribution in [3.05, 3.63) is 23.8 Å². The van der Waals surface area contributed by atoms with Crippen LogP contribution >= 0.6 is 0 Å². The van der Waals surface area contributed by atoms with Crippen molar-refractivity contribution in [2.24, 2.45) is 11.0 Å². The molecule has 2 rings (SSSR count). The number of aromatic hydroxyl groups is 1. The SMILES string of the molecule is COc1ccc(/C(C)=N/NC(=O)C2CCCCC2)c(O)c1. The van der Waals surface area contributed by atoms with E-state index in [9.17, 15) is 9.90 Å². The first-order valence-corrected chi connectivity index (χ1v) is 7.33. The molecule has 1 amide bonds. The normalized spacial score (nSPS) is 16.6. The Labute approximate surface area is 125 Å². The van der Waals surface area contributed by atoms with E-state index >= 15 is 0 Å². The summed E-state index contributed by atoms with van der Waals surface area (Å²) < 4.78 is 5.04. The van der Waals surface area contributed by atoms with Crippen molar-refractivity contribution >= 4 is 11.6 Å². The van der Waals surface area contributed by atoms with Gasteiger partial charge in [-0.15, -0.1) is 0 Å². The molecule has 0 unspecified atom stereocenters. The molecule has 0 saturated heterocycles. The fraction of sp³-hybridized carbons (Fsp3) is 0.500. The van der Waals surface area contributed by atoms with Crippen molar-refractivity contribution in [2.45, 2.75) is 39.0 Å². The zero-order chi connectivity index (χ0) is 15.2. The van der Waals surface area contributed by atoms with Crippen molar-refractivity contribution in [2.75, 3.05) is 7.11 Å². The number of phenolic OH excluding ortho intramolecular Hbond substituents is 1. The molecule has 0 spiro atoms. The quantitative estimate of drug-likeness (QED) is 0.661. The molecule has 0 heterocycles. The van der Waals surface area contributed by atoms with Crippen LogP contribution in [0.4, 0.5) is 0 Å². The fourth-order valence-corrected chi connectivity index (χ4v) is 2.60. The maximum atomic E-state index is 12.0. The molecule has 0 aromatic heterocycles. The average Bonchev–Trinajstić information content (AvgIpc) is 2.52. The molecule has 1 aromatic rings. The number of ether oxygens (including phenoxy) is 1. The topological polar surface area (TPSA) is 70.9 Å². The second-order valence-corrected chi connectivity index (χ2v) is 5.39. The molecule has 5 heteroatoms. The molecule has 2 N–H and O–H groups in total. The number of carbonyl (C=O) groups excluding carboxylic acids is 1. The second kappa shape index (κ2) is 7.11. The van der Waals surface area contributed by atoms with E-state index in [4.69, 9.17) is 4.74 Å². The predicted molar refractivity (Wildman–Crippen MR) is 81.6 cm³/mol. The number of carbonyl (C=O) groups is 1. The maximum absolute atomic E-state index is 12.0. The number of benzene rings is 1. The molecule has 0 bridgehead atoms. The van der Waals surface area contributed by atoms with Crippen molar-refractivity contribution < 1.29 is 14.6 Å². The average molecular weight is 290 g/mol. The number of rotatable bonds is 4. The van der Waals surface area contributed by atoms with Crippen LogP contribution in [0, 0.1) is 5.92 Å². The number of amides is 1. The highest BCUT2D eigenvalue weighted by atomic mass is 16.5. The van der Waals surface area contributed by atoms with Gasteiger partial charge in [0.2, 0.25) is 5.91 Å². The number of phenols is 1. The van der Waals surface area contributed by atoms with Crippen LogP contribution in [-0.2, 0) is 4.79 Å². The summed E-state index contributed by atoms with van der Waals surface area (Å²) in [6.07, 6.45) is 5.31. The van der Waals surface area contributed by atoms with Gasteiger partial charge in [-0.1, -0.05) is 19.3 Å². The lowest BCUT2D eigenvalue weighted by atomic mass is 9.89. The largest absolute Gasteiger partial charge is 0.507 e. The highest BCUT2D eigenvalue weighted by Crippen LogP contribution is 2.25. The lowest BCUT2D eigenvalue weighted by molar-refractivity contribution is -0.125. The van der Waals surface area contributed by atoms with Crippen LogP contribution in [0.5, 0.6) is 11.5 Å². The van der Waals surface area contributed by atoms with Crippen LogP contribution in [0.2, 0.25) is 0 Å². The molecule has 1 saturated carbocycles. The van der Waals surface area contributed by atoms with Gasteiger partial charge in [0.05, 0.1) is 12.8 Å². The van der Waals surface area contributed by atoms with Gasteiger partial charge in [0.25, 0.3) is 0 Å². The Morgan fingerprint density at radius 1 is 1.33 bits per heavy atom. The van der Waals surface area contributed by atoms with E-state index in [1.807, 2.05) is 0 Å². The number of hydrazone groups is 1. The third-order valence-electron chi connectivity index (χ3n) is 3.90. The zero-order valence-corrected chi connectivity index (χ0v) is 12.6. The minimum Gasteiger partial charge on any atom is -0.507 e. The summed E-state index contributed by atoms with van der Waals surface area (Å²) in [6, 6.07) is 4.99.